The van der Waals surface area contributed by atoms with Gasteiger partial charge < -0.3 is 15.6 Å². The van der Waals surface area contributed by atoms with E-state index in [-0.39, 0.29) is 24.7 Å². The average molecular weight is 285 g/mol. The Morgan fingerprint density at radius 1 is 1.37 bits per heavy atom. The standard InChI is InChI=1S/C12H15NO5S/c13-5-11(12(14)15)8-1-3-9(4-2-8)19(16,17)10-6-18-7-10/h1-4,10-11H,5-7,13H2,(H,14,15). The van der Waals surface area contributed by atoms with E-state index in [4.69, 9.17) is 15.6 Å². The molecule has 1 heterocycles. The van der Waals surface area contributed by atoms with Gasteiger partial charge in [-0.25, -0.2) is 8.42 Å². The van der Waals surface area contributed by atoms with Gasteiger partial charge >= 0.3 is 5.97 Å². The van der Waals surface area contributed by atoms with Gasteiger partial charge in [0.15, 0.2) is 9.84 Å². The lowest BCUT2D eigenvalue weighted by atomic mass is 10.00. The molecular weight excluding hydrogens is 270 g/mol. The highest BCUT2D eigenvalue weighted by Gasteiger charge is 2.34. The summed E-state index contributed by atoms with van der Waals surface area (Å²) in [5.41, 5.74) is 5.89. The van der Waals surface area contributed by atoms with Gasteiger partial charge in [-0.05, 0) is 17.7 Å². The fourth-order valence-corrected chi connectivity index (χ4v) is 3.31. The fraction of sp³-hybridized carbons (Fsp3) is 0.417. The largest absolute Gasteiger partial charge is 0.481 e. The number of carboxylic acids is 1. The summed E-state index contributed by atoms with van der Waals surface area (Å²) in [5.74, 6) is -1.84. The summed E-state index contributed by atoms with van der Waals surface area (Å²) in [6, 6.07) is 5.85. The molecule has 1 fully saturated rings. The lowest BCUT2D eigenvalue weighted by Gasteiger charge is -2.25. The van der Waals surface area contributed by atoms with Crippen LogP contribution in [0.1, 0.15) is 11.5 Å². The number of sulfone groups is 1. The smallest absolute Gasteiger partial charge is 0.312 e. The molecule has 1 aromatic rings. The van der Waals surface area contributed by atoms with Gasteiger partial charge in [0.1, 0.15) is 5.25 Å². The van der Waals surface area contributed by atoms with E-state index in [1.54, 1.807) is 0 Å². The van der Waals surface area contributed by atoms with Gasteiger partial charge in [0.2, 0.25) is 0 Å². The molecule has 0 spiro atoms. The molecule has 7 heteroatoms. The summed E-state index contributed by atoms with van der Waals surface area (Å²) in [7, 11) is -3.38. The zero-order chi connectivity index (χ0) is 14.0. The molecule has 1 atom stereocenters. The average Bonchev–Trinajstić information content (AvgIpc) is 2.27. The molecule has 0 aromatic heterocycles. The van der Waals surface area contributed by atoms with E-state index >= 15 is 0 Å². The van der Waals surface area contributed by atoms with Crippen molar-refractivity contribution in [3.8, 4) is 0 Å². The van der Waals surface area contributed by atoms with E-state index < -0.39 is 27.0 Å². The summed E-state index contributed by atoms with van der Waals surface area (Å²) >= 11 is 0. The first kappa shape index (κ1) is 14.0. The number of nitrogens with two attached hydrogens (primary N) is 1. The first-order valence-corrected chi connectivity index (χ1v) is 7.36. The molecule has 3 N–H and O–H groups in total. The fourth-order valence-electron chi connectivity index (χ4n) is 1.85. The molecule has 104 valence electrons. The molecule has 1 unspecified atom stereocenters. The van der Waals surface area contributed by atoms with Crippen LogP contribution in [0, 0.1) is 0 Å². The number of rotatable bonds is 5. The van der Waals surface area contributed by atoms with Crippen LogP contribution in [0.5, 0.6) is 0 Å². The van der Waals surface area contributed by atoms with Crippen LogP contribution in [0.4, 0.5) is 0 Å². The molecule has 1 aromatic carbocycles. The zero-order valence-corrected chi connectivity index (χ0v) is 11.0. The quantitative estimate of drug-likeness (QED) is 0.787. The van der Waals surface area contributed by atoms with Crippen molar-refractivity contribution in [1.82, 2.24) is 0 Å². The van der Waals surface area contributed by atoms with E-state index in [2.05, 4.69) is 0 Å². The van der Waals surface area contributed by atoms with Crippen molar-refractivity contribution in [2.45, 2.75) is 16.1 Å². The number of carboxylic acid groups (broad SMARTS) is 1. The molecular formula is C12H15NO5S. The Kier molecular flexibility index (Phi) is 3.88. The van der Waals surface area contributed by atoms with Gasteiger partial charge in [0, 0.05) is 6.54 Å². The lowest BCUT2D eigenvalue weighted by Crippen LogP contribution is -2.40. The van der Waals surface area contributed by atoms with Crippen molar-refractivity contribution in [2.75, 3.05) is 19.8 Å². The molecule has 0 aliphatic carbocycles. The third-order valence-corrected chi connectivity index (χ3v) is 5.27. The normalized spacial score (nSPS) is 17.7. The Hall–Kier alpha value is -1.44. The molecule has 2 rings (SSSR count). The molecule has 19 heavy (non-hydrogen) atoms. The predicted molar refractivity (Wildman–Crippen MR) is 67.7 cm³/mol. The molecule has 1 saturated heterocycles. The molecule has 0 radical (unpaired) electrons. The number of benzene rings is 1. The van der Waals surface area contributed by atoms with Gasteiger partial charge in [-0.15, -0.1) is 0 Å². The maximum atomic E-state index is 12.1. The SMILES string of the molecule is NCC(C(=O)O)c1ccc(S(=O)(=O)C2COC2)cc1. The summed E-state index contributed by atoms with van der Waals surface area (Å²) in [5, 5.41) is 8.48. The van der Waals surface area contributed by atoms with Gasteiger partial charge in [-0.2, -0.15) is 0 Å². The van der Waals surface area contributed by atoms with E-state index in [1.165, 1.54) is 24.3 Å². The van der Waals surface area contributed by atoms with Crippen LogP contribution in [-0.2, 0) is 19.4 Å². The number of carbonyl (C=O) groups is 1. The van der Waals surface area contributed by atoms with Crippen molar-refractivity contribution >= 4 is 15.8 Å². The Morgan fingerprint density at radius 2 is 1.95 bits per heavy atom. The molecule has 0 saturated carbocycles. The monoisotopic (exact) mass is 285 g/mol. The molecule has 0 amide bonds. The van der Waals surface area contributed by atoms with Crippen molar-refractivity contribution in [3.05, 3.63) is 29.8 Å². The highest BCUT2D eigenvalue weighted by Crippen LogP contribution is 2.23. The highest BCUT2D eigenvalue weighted by molar-refractivity contribution is 7.92. The third kappa shape index (κ3) is 2.63. The number of hydrogen-bond donors (Lipinski definition) is 2. The number of ether oxygens (including phenoxy) is 1. The minimum Gasteiger partial charge on any atom is -0.481 e. The summed E-state index contributed by atoms with van der Waals surface area (Å²) in [4.78, 5) is 11.1. The Balaban J connectivity index is 2.25. The maximum absolute atomic E-state index is 12.1. The van der Waals surface area contributed by atoms with Crippen LogP contribution in [0.3, 0.4) is 0 Å². The van der Waals surface area contributed by atoms with Gasteiger partial charge in [0.25, 0.3) is 0 Å². The molecule has 1 aliphatic rings. The maximum Gasteiger partial charge on any atom is 0.312 e. The second-order valence-electron chi connectivity index (χ2n) is 4.40. The zero-order valence-electron chi connectivity index (χ0n) is 10.2. The number of hydrogen-bond acceptors (Lipinski definition) is 5. The van der Waals surface area contributed by atoms with Crippen LogP contribution in [0.2, 0.25) is 0 Å². The first-order valence-electron chi connectivity index (χ1n) is 5.81. The second kappa shape index (κ2) is 5.28. The van der Waals surface area contributed by atoms with Crippen LogP contribution >= 0.6 is 0 Å². The van der Waals surface area contributed by atoms with Gasteiger partial charge in [-0.1, -0.05) is 12.1 Å². The molecule has 0 bridgehead atoms. The van der Waals surface area contributed by atoms with E-state index in [0.717, 1.165) is 0 Å². The summed E-state index contributed by atoms with van der Waals surface area (Å²) in [6.07, 6.45) is 0. The van der Waals surface area contributed by atoms with Crippen molar-refractivity contribution in [2.24, 2.45) is 5.73 Å². The predicted octanol–water partition coefficient (Wildman–Crippen LogP) is -0.0140. The third-order valence-electron chi connectivity index (χ3n) is 3.19. The Labute approximate surface area is 111 Å². The summed E-state index contributed by atoms with van der Waals surface area (Å²) in [6.45, 7) is 0.396. The van der Waals surface area contributed by atoms with Crippen LogP contribution in [-0.4, -0.2) is 44.5 Å². The molecule has 1 aliphatic heterocycles. The minimum absolute atomic E-state index is 0.0299. The van der Waals surface area contributed by atoms with Gasteiger partial charge in [0.05, 0.1) is 24.0 Å². The Bertz CT molecular complexity index is 562. The number of aliphatic carboxylic acids is 1. The van der Waals surface area contributed by atoms with Crippen LogP contribution < -0.4 is 5.73 Å². The molecule has 6 nitrogen and oxygen atoms in total. The minimum atomic E-state index is -3.38. The topological polar surface area (TPSA) is 107 Å². The highest BCUT2D eigenvalue weighted by atomic mass is 32.2. The van der Waals surface area contributed by atoms with Gasteiger partial charge in [-0.3, -0.25) is 4.79 Å². The second-order valence-corrected chi connectivity index (χ2v) is 6.63. The first-order chi connectivity index (χ1) is 8.96. The van der Waals surface area contributed by atoms with Crippen molar-refractivity contribution in [3.63, 3.8) is 0 Å². The van der Waals surface area contributed by atoms with E-state index in [1.807, 2.05) is 0 Å². The van der Waals surface area contributed by atoms with E-state index in [9.17, 15) is 13.2 Å². The van der Waals surface area contributed by atoms with Crippen LogP contribution in [0.25, 0.3) is 0 Å². The lowest BCUT2D eigenvalue weighted by molar-refractivity contribution is -0.138. The van der Waals surface area contributed by atoms with Crippen molar-refractivity contribution in [1.29, 1.82) is 0 Å². The summed E-state index contributed by atoms with van der Waals surface area (Å²) < 4.78 is 29.0. The Morgan fingerprint density at radius 3 is 2.32 bits per heavy atom. The van der Waals surface area contributed by atoms with E-state index in [0.29, 0.717) is 5.56 Å². The van der Waals surface area contributed by atoms with Crippen LogP contribution in [0.15, 0.2) is 29.2 Å². The van der Waals surface area contributed by atoms with Crippen molar-refractivity contribution < 1.29 is 23.1 Å².